The zero-order chi connectivity index (χ0) is 15.8. The van der Waals surface area contributed by atoms with E-state index in [-0.39, 0.29) is 25.0 Å². The molecule has 0 saturated heterocycles. The first-order valence-electron chi connectivity index (χ1n) is 7.48. The maximum atomic E-state index is 11.8. The van der Waals surface area contributed by atoms with Crippen LogP contribution in [-0.2, 0) is 9.59 Å². The van der Waals surface area contributed by atoms with Crippen molar-refractivity contribution >= 4 is 17.9 Å². The molecule has 0 aromatic heterocycles. The van der Waals surface area contributed by atoms with Gasteiger partial charge in [0, 0.05) is 12.1 Å². The molecule has 21 heavy (non-hydrogen) atoms. The third kappa shape index (κ3) is 6.57. The standard InChI is InChI=1S/C14H25N3O4/c1-3-17(10(2)8-13(19)20)9-12(18)16-14(21)15-11-6-4-5-7-11/h10-11H,3-9H2,1-2H3,(H,19,20)(H2,15,16,18,21). The molecule has 7 heteroatoms. The largest absolute Gasteiger partial charge is 0.481 e. The first kappa shape index (κ1) is 17.4. The highest BCUT2D eigenvalue weighted by atomic mass is 16.4. The first-order chi connectivity index (χ1) is 9.92. The van der Waals surface area contributed by atoms with Crippen molar-refractivity contribution in [2.75, 3.05) is 13.1 Å². The molecule has 0 bridgehead atoms. The van der Waals surface area contributed by atoms with Crippen LogP contribution in [0.2, 0.25) is 0 Å². The number of amides is 3. The van der Waals surface area contributed by atoms with E-state index in [1.54, 1.807) is 11.8 Å². The van der Waals surface area contributed by atoms with Crippen molar-refractivity contribution in [1.29, 1.82) is 0 Å². The van der Waals surface area contributed by atoms with Gasteiger partial charge in [0.15, 0.2) is 0 Å². The Morgan fingerprint density at radius 3 is 2.43 bits per heavy atom. The highest BCUT2D eigenvalue weighted by molar-refractivity contribution is 5.95. The summed E-state index contributed by atoms with van der Waals surface area (Å²) in [5, 5.41) is 13.9. The predicted octanol–water partition coefficient (Wildman–Crippen LogP) is 0.940. The Labute approximate surface area is 125 Å². The van der Waals surface area contributed by atoms with Crippen LogP contribution in [0.15, 0.2) is 0 Å². The summed E-state index contributed by atoms with van der Waals surface area (Å²) in [5.74, 6) is -1.31. The fraction of sp³-hybridized carbons (Fsp3) is 0.786. The Bertz CT molecular complexity index is 380. The highest BCUT2D eigenvalue weighted by Gasteiger charge is 2.21. The number of carbonyl (C=O) groups excluding carboxylic acids is 2. The minimum Gasteiger partial charge on any atom is -0.481 e. The second-order valence-electron chi connectivity index (χ2n) is 5.51. The van der Waals surface area contributed by atoms with Crippen LogP contribution in [0.4, 0.5) is 4.79 Å². The van der Waals surface area contributed by atoms with Gasteiger partial charge in [-0.1, -0.05) is 19.8 Å². The van der Waals surface area contributed by atoms with Crippen LogP contribution in [0, 0.1) is 0 Å². The molecule has 1 aliphatic carbocycles. The maximum absolute atomic E-state index is 11.8. The summed E-state index contributed by atoms with van der Waals surface area (Å²) >= 11 is 0. The van der Waals surface area contributed by atoms with Crippen LogP contribution in [0.1, 0.15) is 46.0 Å². The van der Waals surface area contributed by atoms with Gasteiger partial charge in [0.1, 0.15) is 0 Å². The maximum Gasteiger partial charge on any atom is 0.321 e. The molecule has 3 N–H and O–H groups in total. The quantitative estimate of drug-likeness (QED) is 0.650. The van der Waals surface area contributed by atoms with Crippen LogP contribution in [0.25, 0.3) is 0 Å². The molecule has 7 nitrogen and oxygen atoms in total. The molecule has 1 atom stereocenters. The van der Waals surface area contributed by atoms with Crippen molar-refractivity contribution in [2.45, 2.75) is 58.0 Å². The van der Waals surface area contributed by atoms with E-state index < -0.39 is 17.9 Å². The van der Waals surface area contributed by atoms with Crippen LogP contribution in [0.3, 0.4) is 0 Å². The second-order valence-corrected chi connectivity index (χ2v) is 5.51. The topological polar surface area (TPSA) is 98.7 Å². The van der Waals surface area contributed by atoms with E-state index in [9.17, 15) is 14.4 Å². The van der Waals surface area contributed by atoms with Crippen molar-refractivity contribution in [3.8, 4) is 0 Å². The van der Waals surface area contributed by atoms with Gasteiger partial charge in [-0.2, -0.15) is 0 Å². The van der Waals surface area contributed by atoms with Gasteiger partial charge >= 0.3 is 12.0 Å². The molecule has 0 aromatic rings. The van der Waals surface area contributed by atoms with Crippen molar-refractivity contribution in [2.24, 2.45) is 0 Å². The van der Waals surface area contributed by atoms with E-state index in [1.165, 1.54) is 0 Å². The zero-order valence-electron chi connectivity index (χ0n) is 12.7. The number of carbonyl (C=O) groups is 3. The molecule has 0 aromatic carbocycles. The molecule has 1 unspecified atom stereocenters. The molecule has 0 heterocycles. The number of nitrogens with zero attached hydrogens (tertiary/aromatic N) is 1. The van der Waals surface area contributed by atoms with Crippen LogP contribution >= 0.6 is 0 Å². The molecule has 0 aliphatic heterocycles. The smallest absolute Gasteiger partial charge is 0.321 e. The summed E-state index contributed by atoms with van der Waals surface area (Å²) in [7, 11) is 0. The van der Waals surface area contributed by atoms with E-state index in [2.05, 4.69) is 10.6 Å². The normalized spacial score (nSPS) is 16.7. The van der Waals surface area contributed by atoms with E-state index in [0.717, 1.165) is 25.7 Å². The molecular weight excluding hydrogens is 274 g/mol. The Hall–Kier alpha value is -1.63. The molecule has 120 valence electrons. The number of rotatable bonds is 7. The Balaban J connectivity index is 2.35. The van der Waals surface area contributed by atoms with Gasteiger partial charge in [0.25, 0.3) is 0 Å². The number of carboxylic acid groups (broad SMARTS) is 1. The van der Waals surface area contributed by atoms with Crippen LogP contribution in [0.5, 0.6) is 0 Å². The zero-order valence-corrected chi connectivity index (χ0v) is 12.7. The molecule has 1 rings (SSSR count). The third-order valence-corrected chi connectivity index (χ3v) is 3.79. The molecule has 1 aliphatic rings. The number of imide groups is 1. The van der Waals surface area contributed by atoms with E-state index in [1.807, 2.05) is 6.92 Å². The van der Waals surface area contributed by atoms with Gasteiger partial charge in [-0.15, -0.1) is 0 Å². The first-order valence-corrected chi connectivity index (χ1v) is 7.48. The van der Waals surface area contributed by atoms with E-state index in [4.69, 9.17) is 5.11 Å². The number of carboxylic acids is 1. The van der Waals surface area contributed by atoms with Crippen molar-refractivity contribution in [3.05, 3.63) is 0 Å². The van der Waals surface area contributed by atoms with Gasteiger partial charge in [-0.25, -0.2) is 4.79 Å². The number of likely N-dealkylation sites (N-methyl/N-ethyl adjacent to an activating group) is 1. The summed E-state index contributed by atoms with van der Waals surface area (Å²) in [6, 6.07) is -0.559. The number of urea groups is 1. The van der Waals surface area contributed by atoms with Gasteiger partial charge in [-0.05, 0) is 26.3 Å². The Morgan fingerprint density at radius 1 is 1.29 bits per heavy atom. The van der Waals surface area contributed by atoms with Crippen molar-refractivity contribution in [3.63, 3.8) is 0 Å². The monoisotopic (exact) mass is 299 g/mol. The molecule has 1 fully saturated rings. The predicted molar refractivity (Wildman–Crippen MR) is 77.9 cm³/mol. The fourth-order valence-electron chi connectivity index (χ4n) is 2.60. The Morgan fingerprint density at radius 2 is 1.90 bits per heavy atom. The van der Waals surface area contributed by atoms with Gasteiger partial charge in [0.2, 0.25) is 5.91 Å². The van der Waals surface area contributed by atoms with Gasteiger partial charge in [-0.3, -0.25) is 19.8 Å². The lowest BCUT2D eigenvalue weighted by Crippen LogP contribution is -2.48. The molecule has 3 amide bonds. The summed E-state index contributed by atoms with van der Waals surface area (Å²) in [5.41, 5.74) is 0. The average Bonchev–Trinajstić information content (AvgIpc) is 2.87. The lowest BCUT2D eigenvalue weighted by Gasteiger charge is -2.25. The minimum atomic E-state index is -0.902. The number of nitrogens with one attached hydrogen (secondary N) is 2. The van der Waals surface area contributed by atoms with Crippen LogP contribution < -0.4 is 10.6 Å². The van der Waals surface area contributed by atoms with Crippen LogP contribution in [-0.4, -0.2) is 53.1 Å². The van der Waals surface area contributed by atoms with Crippen molar-refractivity contribution < 1.29 is 19.5 Å². The lowest BCUT2D eigenvalue weighted by atomic mass is 10.2. The van der Waals surface area contributed by atoms with E-state index >= 15 is 0 Å². The summed E-state index contributed by atoms with van der Waals surface area (Å²) in [6.45, 7) is 4.17. The minimum absolute atomic E-state index is 0.0169. The fourth-order valence-corrected chi connectivity index (χ4v) is 2.60. The third-order valence-electron chi connectivity index (χ3n) is 3.79. The lowest BCUT2D eigenvalue weighted by molar-refractivity contribution is -0.138. The molecule has 0 spiro atoms. The van der Waals surface area contributed by atoms with Crippen molar-refractivity contribution in [1.82, 2.24) is 15.5 Å². The Kier molecular flexibility index (Phi) is 7.14. The molecular formula is C14H25N3O4. The average molecular weight is 299 g/mol. The SMILES string of the molecule is CCN(CC(=O)NC(=O)NC1CCCC1)C(C)CC(=O)O. The summed E-state index contributed by atoms with van der Waals surface area (Å²) in [6.07, 6.45) is 4.09. The molecule has 0 radical (unpaired) electrons. The van der Waals surface area contributed by atoms with E-state index in [0.29, 0.717) is 6.54 Å². The second kappa shape index (κ2) is 8.61. The number of hydrogen-bond acceptors (Lipinski definition) is 4. The summed E-state index contributed by atoms with van der Waals surface area (Å²) in [4.78, 5) is 35.9. The summed E-state index contributed by atoms with van der Waals surface area (Å²) < 4.78 is 0. The van der Waals surface area contributed by atoms with Gasteiger partial charge < -0.3 is 10.4 Å². The van der Waals surface area contributed by atoms with Gasteiger partial charge in [0.05, 0.1) is 13.0 Å². The highest BCUT2D eigenvalue weighted by Crippen LogP contribution is 2.17. The number of aliphatic carboxylic acids is 1. The molecule has 1 saturated carbocycles. The number of hydrogen-bond donors (Lipinski definition) is 3.